The Morgan fingerprint density at radius 3 is 3.12 bits per heavy atom. The van der Waals surface area contributed by atoms with E-state index in [0.29, 0.717) is 13.0 Å². The van der Waals surface area contributed by atoms with Crippen LogP contribution < -0.4 is 11.1 Å². The number of hydrogen-bond acceptors (Lipinski definition) is 3. The highest BCUT2D eigenvalue weighted by Crippen LogP contribution is 2.35. The molecule has 0 aliphatic carbocycles. The summed E-state index contributed by atoms with van der Waals surface area (Å²) in [6, 6.07) is 8.49. The van der Waals surface area contributed by atoms with E-state index in [1.807, 2.05) is 23.9 Å². The maximum Gasteiger partial charge on any atom is 0.220 e. The van der Waals surface area contributed by atoms with Crippen LogP contribution >= 0.6 is 11.8 Å². The Morgan fingerprint density at radius 2 is 2.29 bits per heavy atom. The normalized spacial score (nSPS) is 18.5. The van der Waals surface area contributed by atoms with Crippen LogP contribution in [-0.4, -0.2) is 18.2 Å². The lowest BCUT2D eigenvalue weighted by Crippen LogP contribution is -2.30. The number of nitrogens with one attached hydrogen (secondary N) is 1. The van der Waals surface area contributed by atoms with Gasteiger partial charge >= 0.3 is 0 Å². The van der Waals surface area contributed by atoms with Gasteiger partial charge in [-0.05, 0) is 31.0 Å². The van der Waals surface area contributed by atoms with Crippen molar-refractivity contribution in [2.24, 2.45) is 5.73 Å². The van der Waals surface area contributed by atoms with E-state index < -0.39 is 0 Å². The Kier molecular flexibility index (Phi) is 4.45. The van der Waals surface area contributed by atoms with Crippen molar-refractivity contribution in [2.45, 2.75) is 30.2 Å². The summed E-state index contributed by atoms with van der Waals surface area (Å²) in [5, 5.41) is 3.10. The zero-order chi connectivity index (χ0) is 12.1. The SMILES string of the molecule is NCCCC(=O)NC1CCSc2ccccc21. The van der Waals surface area contributed by atoms with E-state index in [1.165, 1.54) is 10.5 Å². The van der Waals surface area contributed by atoms with Crippen LogP contribution in [0.1, 0.15) is 30.9 Å². The summed E-state index contributed by atoms with van der Waals surface area (Å²) in [5.41, 5.74) is 6.66. The van der Waals surface area contributed by atoms with Gasteiger partial charge < -0.3 is 11.1 Å². The third-order valence-corrected chi connectivity index (χ3v) is 4.02. The van der Waals surface area contributed by atoms with E-state index in [-0.39, 0.29) is 11.9 Å². The van der Waals surface area contributed by atoms with Gasteiger partial charge in [0.15, 0.2) is 0 Å². The zero-order valence-electron chi connectivity index (χ0n) is 9.82. The molecular weight excluding hydrogens is 232 g/mol. The Labute approximate surface area is 106 Å². The zero-order valence-corrected chi connectivity index (χ0v) is 10.6. The average Bonchev–Trinajstić information content (AvgIpc) is 2.37. The van der Waals surface area contributed by atoms with Crippen LogP contribution in [0, 0.1) is 0 Å². The van der Waals surface area contributed by atoms with Crippen LogP contribution in [0.15, 0.2) is 29.2 Å². The van der Waals surface area contributed by atoms with Gasteiger partial charge in [0, 0.05) is 17.1 Å². The molecule has 0 saturated heterocycles. The lowest BCUT2D eigenvalue weighted by Gasteiger charge is -2.25. The molecule has 1 aromatic carbocycles. The lowest BCUT2D eigenvalue weighted by molar-refractivity contribution is -0.121. The molecule has 2 rings (SSSR count). The van der Waals surface area contributed by atoms with Gasteiger partial charge in [0.1, 0.15) is 0 Å². The van der Waals surface area contributed by atoms with Gasteiger partial charge in [0.2, 0.25) is 5.91 Å². The Hall–Kier alpha value is -1.00. The maximum absolute atomic E-state index is 11.7. The topological polar surface area (TPSA) is 55.1 Å². The molecule has 1 aliphatic heterocycles. The number of benzene rings is 1. The number of carbonyl (C=O) groups excluding carboxylic acids is 1. The van der Waals surface area contributed by atoms with E-state index in [0.717, 1.165) is 18.6 Å². The molecule has 1 amide bonds. The molecule has 1 aliphatic rings. The molecule has 0 saturated carbocycles. The molecule has 3 N–H and O–H groups in total. The summed E-state index contributed by atoms with van der Waals surface area (Å²) in [4.78, 5) is 13.0. The van der Waals surface area contributed by atoms with E-state index in [9.17, 15) is 4.79 Å². The van der Waals surface area contributed by atoms with E-state index in [4.69, 9.17) is 5.73 Å². The van der Waals surface area contributed by atoms with Crippen molar-refractivity contribution in [1.82, 2.24) is 5.32 Å². The summed E-state index contributed by atoms with van der Waals surface area (Å²) >= 11 is 1.87. The van der Waals surface area contributed by atoms with Crippen molar-refractivity contribution in [3.8, 4) is 0 Å². The molecular formula is C13H18N2OS. The molecule has 92 valence electrons. The number of thioether (sulfide) groups is 1. The lowest BCUT2D eigenvalue weighted by atomic mass is 10.0. The second-order valence-electron chi connectivity index (χ2n) is 4.19. The van der Waals surface area contributed by atoms with Crippen LogP contribution in [0.25, 0.3) is 0 Å². The van der Waals surface area contributed by atoms with Crippen molar-refractivity contribution in [1.29, 1.82) is 0 Å². The fourth-order valence-corrected chi connectivity index (χ4v) is 3.15. The van der Waals surface area contributed by atoms with Crippen LogP contribution in [0.2, 0.25) is 0 Å². The largest absolute Gasteiger partial charge is 0.349 e. The summed E-state index contributed by atoms with van der Waals surface area (Å²) in [6.07, 6.45) is 2.30. The first-order chi connectivity index (χ1) is 8.31. The predicted octanol–water partition coefficient (Wildman–Crippen LogP) is 2.08. The van der Waals surface area contributed by atoms with E-state index >= 15 is 0 Å². The fraction of sp³-hybridized carbons (Fsp3) is 0.462. The minimum atomic E-state index is 0.113. The van der Waals surface area contributed by atoms with Gasteiger partial charge in [0.05, 0.1) is 6.04 Å². The molecule has 0 spiro atoms. The first-order valence-electron chi connectivity index (χ1n) is 6.02. The molecule has 1 aromatic rings. The second-order valence-corrected chi connectivity index (χ2v) is 5.32. The second kappa shape index (κ2) is 6.07. The minimum absolute atomic E-state index is 0.113. The molecule has 0 bridgehead atoms. The highest BCUT2D eigenvalue weighted by molar-refractivity contribution is 7.99. The molecule has 4 heteroatoms. The minimum Gasteiger partial charge on any atom is -0.349 e. The molecule has 1 unspecified atom stereocenters. The molecule has 17 heavy (non-hydrogen) atoms. The number of amides is 1. The highest BCUT2D eigenvalue weighted by atomic mass is 32.2. The van der Waals surface area contributed by atoms with Crippen molar-refractivity contribution in [2.75, 3.05) is 12.3 Å². The Balaban J connectivity index is 2.01. The van der Waals surface area contributed by atoms with E-state index in [2.05, 4.69) is 17.4 Å². The molecule has 0 radical (unpaired) electrons. The summed E-state index contributed by atoms with van der Waals surface area (Å²) in [5.74, 6) is 1.18. The van der Waals surface area contributed by atoms with Crippen molar-refractivity contribution < 1.29 is 4.79 Å². The first kappa shape index (κ1) is 12.5. The van der Waals surface area contributed by atoms with Crippen LogP contribution in [0.4, 0.5) is 0 Å². The smallest absolute Gasteiger partial charge is 0.220 e. The van der Waals surface area contributed by atoms with E-state index in [1.54, 1.807) is 0 Å². The number of nitrogens with two attached hydrogens (primary N) is 1. The highest BCUT2D eigenvalue weighted by Gasteiger charge is 2.21. The quantitative estimate of drug-likeness (QED) is 0.860. The molecule has 1 atom stereocenters. The Morgan fingerprint density at radius 1 is 1.47 bits per heavy atom. The standard InChI is InChI=1S/C13H18N2OS/c14-8-3-6-13(16)15-11-7-9-17-12-5-2-1-4-10(11)12/h1-2,4-5,11H,3,6-9,14H2,(H,15,16). The predicted molar refractivity (Wildman–Crippen MR) is 71.0 cm³/mol. The molecule has 3 nitrogen and oxygen atoms in total. The van der Waals surface area contributed by atoms with Gasteiger partial charge in [-0.25, -0.2) is 0 Å². The van der Waals surface area contributed by atoms with Crippen LogP contribution in [0.5, 0.6) is 0 Å². The third-order valence-electron chi connectivity index (χ3n) is 2.90. The van der Waals surface area contributed by atoms with Gasteiger partial charge in [-0.1, -0.05) is 18.2 Å². The number of hydrogen-bond donors (Lipinski definition) is 2. The van der Waals surface area contributed by atoms with Crippen LogP contribution in [0.3, 0.4) is 0 Å². The summed E-state index contributed by atoms with van der Waals surface area (Å²) in [6.45, 7) is 0.574. The monoisotopic (exact) mass is 250 g/mol. The summed E-state index contributed by atoms with van der Waals surface area (Å²) < 4.78 is 0. The van der Waals surface area contributed by atoms with Gasteiger partial charge in [-0.3, -0.25) is 4.79 Å². The first-order valence-corrected chi connectivity index (χ1v) is 7.01. The average molecular weight is 250 g/mol. The number of carbonyl (C=O) groups is 1. The number of fused-ring (bicyclic) bond motifs is 1. The molecule has 0 fully saturated rings. The van der Waals surface area contributed by atoms with Crippen LogP contribution in [-0.2, 0) is 4.79 Å². The van der Waals surface area contributed by atoms with Crippen molar-refractivity contribution >= 4 is 17.7 Å². The van der Waals surface area contributed by atoms with Gasteiger partial charge in [-0.15, -0.1) is 11.8 Å². The van der Waals surface area contributed by atoms with Gasteiger partial charge in [-0.2, -0.15) is 0 Å². The van der Waals surface area contributed by atoms with Crippen molar-refractivity contribution in [3.05, 3.63) is 29.8 Å². The van der Waals surface area contributed by atoms with Crippen molar-refractivity contribution in [3.63, 3.8) is 0 Å². The maximum atomic E-state index is 11.7. The molecule has 1 heterocycles. The third kappa shape index (κ3) is 3.23. The number of rotatable bonds is 4. The van der Waals surface area contributed by atoms with Gasteiger partial charge in [0.25, 0.3) is 0 Å². The Bertz CT molecular complexity index is 395. The summed E-state index contributed by atoms with van der Waals surface area (Å²) in [7, 11) is 0. The molecule has 0 aromatic heterocycles. The fourth-order valence-electron chi connectivity index (χ4n) is 2.02.